The summed E-state index contributed by atoms with van der Waals surface area (Å²) in [6.07, 6.45) is 3.00. The van der Waals surface area contributed by atoms with Crippen molar-refractivity contribution in [2.45, 2.75) is 25.5 Å². The number of rotatable bonds is 7. The first-order chi connectivity index (χ1) is 10.5. The van der Waals surface area contributed by atoms with Crippen LogP contribution in [0.5, 0.6) is 5.75 Å². The van der Waals surface area contributed by atoms with Crippen molar-refractivity contribution >= 4 is 21.8 Å². The van der Waals surface area contributed by atoms with Crippen LogP contribution in [0.25, 0.3) is 0 Å². The largest absolute Gasteiger partial charge is 0.493 e. The Labute approximate surface area is 137 Å². The minimum absolute atomic E-state index is 0.179. The number of aliphatic hydroxyl groups excluding tert-OH is 1. The predicted octanol–water partition coefficient (Wildman–Crippen LogP) is 2.14. The van der Waals surface area contributed by atoms with E-state index in [0.717, 1.165) is 10.2 Å². The zero-order valence-electron chi connectivity index (χ0n) is 12.1. The Morgan fingerprint density at radius 3 is 2.91 bits per heavy atom. The van der Waals surface area contributed by atoms with Crippen LogP contribution in [0.2, 0.25) is 0 Å². The zero-order valence-corrected chi connectivity index (χ0v) is 13.7. The lowest BCUT2D eigenvalue weighted by molar-refractivity contribution is 0.0993. The molecule has 0 radical (unpaired) electrons. The van der Waals surface area contributed by atoms with Gasteiger partial charge in [0.15, 0.2) is 0 Å². The van der Waals surface area contributed by atoms with Crippen LogP contribution in [0.1, 0.15) is 29.9 Å². The Bertz CT molecular complexity index is 642. The van der Waals surface area contributed by atoms with E-state index < -0.39 is 12.0 Å². The number of benzene rings is 1. The fraction of sp³-hybridized carbons (Fsp3) is 0.333. The van der Waals surface area contributed by atoms with Crippen molar-refractivity contribution in [2.75, 3.05) is 6.61 Å². The van der Waals surface area contributed by atoms with Crippen molar-refractivity contribution in [2.24, 2.45) is 5.73 Å². The van der Waals surface area contributed by atoms with Crippen LogP contribution < -0.4 is 10.5 Å². The molecule has 7 heteroatoms. The van der Waals surface area contributed by atoms with Crippen molar-refractivity contribution in [1.82, 2.24) is 9.55 Å². The summed E-state index contributed by atoms with van der Waals surface area (Å²) in [5.41, 5.74) is 5.37. The van der Waals surface area contributed by atoms with Crippen LogP contribution in [0, 0.1) is 0 Å². The highest BCUT2D eigenvalue weighted by Gasteiger charge is 2.18. The normalized spacial score (nSPS) is 13.6. The molecule has 118 valence electrons. The van der Waals surface area contributed by atoms with Gasteiger partial charge in [-0.15, -0.1) is 0 Å². The number of halogens is 1. The van der Waals surface area contributed by atoms with Gasteiger partial charge in [-0.2, -0.15) is 0 Å². The zero-order chi connectivity index (χ0) is 16.1. The third kappa shape index (κ3) is 4.32. The molecule has 1 heterocycles. The summed E-state index contributed by atoms with van der Waals surface area (Å²) >= 11 is 3.38. The van der Waals surface area contributed by atoms with Crippen LogP contribution in [0.15, 0.2) is 41.3 Å². The maximum atomic E-state index is 11.1. The lowest BCUT2D eigenvalue weighted by Crippen LogP contribution is -2.23. The van der Waals surface area contributed by atoms with Crippen molar-refractivity contribution < 1.29 is 14.6 Å². The highest BCUT2D eigenvalue weighted by atomic mass is 79.9. The quantitative estimate of drug-likeness (QED) is 0.784. The lowest BCUT2D eigenvalue weighted by atomic mass is 10.1. The third-order valence-electron chi connectivity index (χ3n) is 3.27. The molecule has 2 rings (SSSR count). The van der Waals surface area contributed by atoms with Crippen LogP contribution in [0.3, 0.4) is 0 Å². The molecule has 0 saturated heterocycles. The standard InChI is InChI=1S/C15H18BrN3O3/c1-10(20)14(19-8-13(15(17)21)18-9-19)5-6-22-12-4-2-3-11(16)7-12/h2-4,7-10,14,20H,5-6H2,1H3,(H2,17,21)/t10-,14+/m0/s1. The molecule has 1 aromatic carbocycles. The number of aliphatic hydroxyl groups is 1. The van der Waals surface area contributed by atoms with E-state index in [9.17, 15) is 9.90 Å². The predicted molar refractivity (Wildman–Crippen MR) is 85.7 cm³/mol. The molecule has 1 aromatic heterocycles. The van der Waals surface area contributed by atoms with Gasteiger partial charge in [-0.3, -0.25) is 4.79 Å². The summed E-state index contributed by atoms with van der Waals surface area (Å²) < 4.78 is 8.31. The molecule has 6 nitrogen and oxygen atoms in total. The number of imidazole rings is 1. The molecule has 0 aliphatic carbocycles. The van der Waals surface area contributed by atoms with Gasteiger partial charge in [0, 0.05) is 17.1 Å². The molecular formula is C15H18BrN3O3. The van der Waals surface area contributed by atoms with E-state index in [1.165, 1.54) is 6.33 Å². The summed E-state index contributed by atoms with van der Waals surface area (Å²) in [4.78, 5) is 15.0. The molecule has 1 amide bonds. The molecule has 0 unspecified atom stereocenters. The van der Waals surface area contributed by atoms with Crippen molar-refractivity contribution in [3.8, 4) is 5.75 Å². The second kappa shape index (κ2) is 7.42. The van der Waals surface area contributed by atoms with Gasteiger partial charge >= 0.3 is 0 Å². The summed E-state index contributed by atoms with van der Waals surface area (Å²) in [7, 11) is 0. The van der Waals surface area contributed by atoms with Crippen LogP contribution >= 0.6 is 15.9 Å². The van der Waals surface area contributed by atoms with Gasteiger partial charge in [-0.05, 0) is 25.1 Å². The Morgan fingerprint density at radius 1 is 1.55 bits per heavy atom. The Hall–Kier alpha value is -1.86. The van der Waals surface area contributed by atoms with Crippen LogP contribution in [-0.4, -0.2) is 33.3 Å². The summed E-state index contributed by atoms with van der Waals surface area (Å²) in [5.74, 6) is 0.163. The van der Waals surface area contributed by atoms with Gasteiger partial charge in [0.05, 0.1) is 25.1 Å². The number of carbonyl (C=O) groups is 1. The fourth-order valence-corrected chi connectivity index (χ4v) is 2.52. The molecule has 2 aromatic rings. The van der Waals surface area contributed by atoms with Crippen molar-refractivity contribution in [3.63, 3.8) is 0 Å². The second-order valence-electron chi connectivity index (χ2n) is 4.97. The molecule has 2 atom stereocenters. The lowest BCUT2D eigenvalue weighted by Gasteiger charge is -2.21. The first-order valence-electron chi connectivity index (χ1n) is 6.87. The Kier molecular flexibility index (Phi) is 5.57. The summed E-state index contributed by atoms with van der Waals surface area (Å²) in [6, 6.07) is 7.31. The minimum atomic E-state index is -0.610. The number of aromatic nitrogens is 2. The van der Waals surface area contributed by atoms with Gasteiger partial charge in [0.25, 0.3) is 5.91 Å². The van der Waals surface area contributed by atoms with E-state index in [2.05, 4.69) is 20.9 Å². The molecule has 0 spiro atoms. The van der Waals surface area contributed by atoms with Crippen molar-refractivity contribution in [1.29, 1.82) is 0 Å². The third-order valence-corrected chi connectivity index (χ3v) is 3.77. The highest BCUT2D eigenvalue weighted by Crippen LogP contribution is 2.21. The number of nitrogens with zero attached hydrogens (tertiary/aromatic N) is 2. The maximum absolute atomic E-state index is 11.1. The van der Waals surface area contributed by atoms with Gasteiger partial charge in [0.1, 0.15) is 11.4 Å². The Balaban J connectivity index is 1.98. The van der Waals surface area contributed by atoms with Crippen LogP contribution in [-0.2, 0) is 0 Å². The first kappa shape index (κ1) is 16.5. The number of carbonyl (C=O) groups excluding carboxylic acids is 1. The average molecular weight is 368 g/mol. The van der Waals surface area contributed by atoms with Crippen LogP contribution in [0.4, 0.5) is 0 Å². The number of primary amides is 1. The maximum Gasteiger partial charge on any atom is 0.268 e. The van der Waals surface area contributed by atoms with E-state index in [4.69, 9.17) is 10.5 Å². The second-order valence-corrected chi connectivity index (χ2v) is 5.89. The van der Waals surface area contributed by atoms with E-state index in [1.807, 2.05) is 24.3 Å². The summed E-state index contributed by atoms with van der Waals surface area (Å²) in [5, 5.41) is 9.93. The minimum Gasteiger partial charge on any atom is -0.493 e. The van der Waals surface area contributed by atoms with E-state index in [-0.39, 0.29) is 11.7 Å². The number of ether oxygens (including phenoxy) is 1. The first-order valence-corrected chi connectivity index (χ1v) is 7.66. The summed E-state index contributed by atoms with van der Waals surface area (Å²) in [6.45, 7) is 2.11. The fourth-order valence-electron chi connectivity index (χ4n) is 2.14. The molecule has 0 saturated carbocycles. The topological polar surface area (TPSA) is 90.4 Å². The van der Waals surface area contributed by atoms with Gasteiger partial charge < -0.3 is 20.1 Å². The molecule has 0 aliphatic heterocycles. The molecule has 22 heavy (non-hydrogen) atoms. The average Bonchev–Trinajstić information content (AvgIpc) is 2.93. The van der Waals surface area contributed by atoms with E-state index in [0.29, 0.717) is 13.0 Å². The molecule has 3 N–H and O–H groups in total. The Morgan fingerprint density at radius 2 is 2.32 bits per heavy atom. The molecule has 0 fully saturated rings. The number of hydrogen-bond donors (Lipinski definition) is 2. The van der Waals surface area contributed by atoms with E-state index >= 15 is 0 Å². The smallest absolute Gasteiger partial charge is 0.268 e. The molecular weight excluding hydrogens is 350 g/mol. The molecule has 0 aliphatic rings. The highest BCUT2D eigenvalue weighted by molar-refractivity contribution is 9.10. The number of nitrogens with two attached hydrogens (primary N) is 1. The monoisotopic (exact) mass is 367 g/mol. The van der Waals surface area contributed by atoms with Crippen molar-refractivity contribution in [3.05, 3.63) is 47.0 Å². The number of hydrogen-bond acceptors (Lipinski definition) is 4. The van der Waals surface area contributed by atoms with Gasteiger partial charge in [0.2, 0.25) is 0 Å². The van der Waals surface area contributed by atoms with Gasteiger partial charge in [-0.1, -0.05) is 22.0 Å². The van der Waals surface area contributed by atoms with Gasteiger partial charge in [-0.25, -0.2) is 4.98 Å². The number of amides is 1. The van der Waals surface area contributed by atoms with E-state index in [1.54, 1.807) is 17.7 Å². The molecule has 0 bridgehead atoms. The SMILES string of the molecule is C[C@H](O)[C@@H](CCOc1cccc(Br)c1)n1cnc(C(N)=O)c1.